The molecular weight excluding hydrogens is 180 g/mol. The summed E-state index contributed by atoms with van der Waals surface area (Å²) in [5.74, 6) is 0.885. The minimum Gasteiger partial charge on any atom is -0.490 e. The Labute approximate surface area is 84.8 Å². The molecule has 0 aliphatic rings. The lowest BCUT2D eigenvalue weighted by Crippen LogP contribution is -1.93. The van der Waals surface area contributed by atoms with Crippen LogP contribution >= 0.6 is 12.6 Å². The van der Waals surface area contributed by atoms with Crippen LogP contribution in [0.25, 0.3) is 0 Å². The summed E-state index contributed by atoms with van der Waals surface area (Å²) in [4.78, 5) is 0.953. The zero-order chi connectivity index (χ0) is 9.68. The maximum absolute atomic E-state index is 5.46. The van der Waals surface area contributed by atoms with Gasteiger partial charge in [0.2, 0.25) is 0 Å². The van der Waals surface area contributed by atoms with E-state index < -0.39 is 0 Å². The zero-order valence-corrected chi connectivity index (χ0v) is 8.84. The van der Waals surface area contributed by atoms with Crippen molar-refractivity contribution in [1.29, 1.82) is 0 Å². The molecule has 0 N–H and O–H groups in total. The highest BCUT2D eigenvalue weighted by atomic mass is 32.1. The fourth-order valence-electron chi connectivity index (χ4n) is 0.847. The first-order chi connectivity index (χ1) is 6.18. The van der Waals surface area contributed by atoms with Crippen LogP contribution in [-0.4, -0.2) is 6.61 Å². The van der Waals surface area contributed by atoms with Crippen molar-refractivity contribution in [2.75, 3.05) is 6.61 Å². The second-order valence-corrected chi connectivity index (χ2v) is 3.60. The molecule has 1 rings (SSSR count). The van der Waals surface area contributed by atoms with Crippen molar-refractivity contribution < 1.29 is 4.74 Å². The maximum Gasteiger partial charge on any atom is 0.119 e. The van der Waals surface area contributed by atoms with Crippen molar-refractivity contribution in [2.24, 2.45) is 0 Å². The molecular formula is C11H14OS. The molecule has 0 radical (unpaired) electrons. The van der Waals surface area contributed by atoms with Crippen LogP contribution in [0, 0.1) is 0 Å². The summed E-state index contributed by atoms with van der Waals surface area (Å²) in [6.07, 6.45) is 2.05. The minimum atomic E-state index is 0.633. The average Bonchev–Trinajstić information content (AvgIpc) is 2.08. The lowest BCUT2D eigenvalue weighted by molar-refractivity contribution is 0.362. The monoisotopic (exact) mass is 194 g/mol. The van der Waals surface area contributed by atoms with E-state index in [0.29, 0.717) is 6.61 Å². The van der Waals surface area contributed by atoms with Gasteiger partial charge in [-0.25, -0.2) is 0 Å². The second kappa shape index (κ2) is 4.97. The molecule has 70 valence electrons. The van der Waals surface area contributed by atoms with Gasteiger partial charge in [-0.05, 0) is 44.2 Å². The third kappa shape index (κ3) is 4.04. The number of rotatable bonds is 3. The largest absolute Gasteiger partial charge is 0.490 e. The Morgan fingerprint density at radius 3 is 2.46 bits per heavy atom. The van der Waals surface area contributed by atoms with Gasteiger partial charge in [-0.3, -0.25) is 0 Å². The first-order valence-corrected chi connectivity index (χ1v) is 4.68. The summed E-state index contributed by atoms with van der Waals surface area (Å²) >= 11 is 4.19. The Bertz CT molecular complexity index is 283. The van der Waals surface area contributed by atoms with Crippen LogP contribution in [0.4, 0.5) is 0 Å². The van der Waals surface area contributed by atoms with Gasteiger partial charge in [0.15, 0.2) is 0 Å². The quantitative estimate of drug-likeness (QED) is 0.573. The van der Waals surface area contributed by atoms with Gasteiger partial charge in [0, 0.05) is 4.90 Å². The number of hydrogen-bond donors (Lipinski definition) is 1. The number of thiol groups is 1. The van der Waals surface area contributed by atoms with Crippen molar-refractivity contribution >= 4 is 12.6 Å². The molecule has 0 aliphatic heterocycles. The fraction of sp³-hybridized carbons (Fsp3) is 0.273. The van der Waals surface area contributed by atoms with Crippen LogP contribution in [0.3, 0.4) is 0 Å². The SMILES string of the molecule is CC(C)=CCOc1ccc(S)cc1. The summed E-state index contributed by atoms with van der Waals surface area (Å²) in [6, 6.07) is 7.67. The Kier molecular flexibility index (Phi) is 3.90. The molecule has 0 aromatic heterocycles. The van der Waals surface area contributed by atoms with E-state index in [1.54, 1.807) is 0 Å². The third-order valence-corrected chi connectivity index (χ3v) is 1.88. The van der Waals surface area contributed by atoms with E-state index in [1.165, 1.54) is 5.57 Å². The molecule has 0 heterocycles. The van der Waals surface area contributed by atoms with Crippen molar-refractivity contribution in [3.63, 3.8) is 0 Å². The molecule has 1 nitrogen and oxygen atoms in total. The number of benzene rings is 1. The van der Waals surface area contributed by atoms with Crippen LogP contribution in [0.5, 0.6) is 5.75 Å². The third-order valence-electron chi connectivity index (χ3n) is 1.58. The van der Waals surface area contributed by atoms with Crippen LogP contribution in [0.2, 0.25) is 0 Å². The Morgan fingerprint density at radius 1 is 1.31 bits per heavy atom. The summed E-state index contributed by atoms with van der Waals surface area (Å²) in [5, 5.41) is 0. The van der Waals surface area contributed by atoms with Gasteiger partial charge in [0.05, 0.1) is 0 Å². The smallest absolute Gasteiger partial charge is 0.119 e. The Hall–Kier alpha value is -0.890. The van der Waals surface area contributed by atoms with Crippen molar-refractivity contribution in [2.45, 2.75) is 18.7 Å². The predicted molar refractivity (Wildman–Crippen MR) is 58.6 cm³/mol. The van der Waals surface area contributed by atoms with Gasteiger partial charge < -0.3 is 4.74 Å². The summed E-state index contributed by atoms with van der Waals surface area (Å²) < 4.78 is 5.46. The normalized spacial score (nSPS) is 9.46. The first kappa shape index (κ1) is 10.2. The van der Waals surface area contributed by atoms with Gasteiger partial charge in [0.25, 0.3) is 0 Å². The molecule has 0 atom stereocenters. The zero-order valence-electron chi connectivity index (χ0n) is 7.95. The van der Waals surface area contributed by atoms with Gasteiger partial charge in [-0.15, -0.1) is 12.6 Å². The van der Waals surface area contributed by atoms with Gasteiger partial charge >= 0.3 is 0 Å². The highest BCUT2D eigenvalue weighted by Gasteiger charge is 1.90. The van der Waals surface area contributed by atoms with E-state index in [0.717, 1.165) is 10.6 Å². The summed E-state index contributed by atoms with van der Waals surface area (Å²) in [6.45, 7) is 4.74. The Balaban J connectivity index is 2.46. The molecule has 0 bridgehead atoms. The molecule has 1 aromatic rings. The lowest BCUT2D eigenvalue weighted by atomic mass is 10.3. The summed E-state index contributed by atoms with van der Waals surface area (Å²) in [5.41, 5.74) is 1.27. The number of allylic oxidation sites excluding steroid dienone is 1. The molecule has 0 unspecified atom stereocenters. The number of ether oxygens (including phenoxy) is 1. The van der Waals surface area contributed by atoms with E-state index in [9.17, 15) is 0 Å². The molecule has 0 fully saturated rings. The molecule has 0 aliphatic carbocycles. The van der Waals surface area contributed by atoms with E-state index in [-0.39, 0.29) is 0 Å². The second-order valence-electron chi connectivity index (χ2n) is 3.09. The van der Waals surface area contributed by atoms with Crippen molar-refractivity contribution in [3.05, 3.63) is 35.9 Å². The summed E-state index contributed by atoms with van der Waals surface area (Å²) in [7, 11) is 0. The van der Waals surface area contributed by atoms with E-state index in [1.807, 2.05) is 24.3 Å². The predicted octanol–water partition coefficient (Wildman–Crippen LogP) is 3.32. The molecule has 0 spiro atoms. The standard InChI is InChI=1S/C11H14OS/c1-9(2)7-8-12-10-3-5-11(13)6-4-10/h3-7,13H,8H2,1-2H3. The minimum absolute atomic E-state index is 0.633. The highest BCUT2D eigenvalue weighted by molar-refractivity contribution is 7.80. The van der Waals surface area contributed by atoms with Gasteiger partial charge in [-0.1, -0.05) is 5.57 Å². The first-order valence-electron chi connectivity index (χ1n) is 4.23. The lowest BCUT2D eigenvalue weighted by Gasteiger charge is -2.02. The van der Waals surface area contributed by atoms with Crippen LogP contribution in [0.1, 0.15) is 13.8 Å². The number of hydrogen-bond acceptors (Lipinski definition) is 2. The Morgan fingerprint density at radius 2 is 1.92 bits per heavy atom. The molecule has 0 amide bonds. The van der Waals surface area contributed by atoms with Crippen LogP contribution in [0.15, 0.2) is 40.8 Å². The molecule has 2 heteroatoms. The van der Waals surface area contributed by atoms with Crippen LogP contribution < -0.4 is 4.74 Å². The maximum atomic E-state index is 5.46. The highest BCUT2D eigenvalue weighted by Crippen LogP contribution is 2.14. The average molecular weight is 194 g/mol. The van der Waals surface area contributed by atoms with Gasteiger partial charge in [0.1, 0.15) is 12.4 Å². The fourth-order valence-corrected chi connectivity index (χ4v) is 0.996. The van der Waals surface area contributed by atoms with Crippen LogP contribution in [-0.2, 0) is 0 Å². The molecule has 13 heavy (non-hydrogen) atoms. The van der Waals surface area contributed by atoms with E-state index >= 15 is 0 Å². The van der Waals surface area contributed by atoms with Crippen molar-refractivity contribution in [3.8, 4) is 5.75 Å². The molecule has 1 aromatic carbocycles. The topological polar surface area (TPSA) is 9.23 Å². The molecule has 0 saturated carbocycles. The van der Waals surface area contributed by atoms with Crippen molar-refractivity contribution in [1.82, 2.24) is 0 Å². The van der Waals surface area contributed by atoms with Gasteiger partial charge in [-0.2, -0.15) is 0 Å². The van der Waals surface area contributed by atoms with E-state index in [2.05, 4.69) is 32.6 Å². The van der Waals surface area contributed by atoms with E-state index in [4.69, 9.17) is 4.74 Å². The molecule has 0 saturated heterocycles.